The lowest BCUT2D eigenvalue weighted by Gasteiger charge is -2.29. The molecule has 0 fully saturated rings. The molecule has 1 rings (SSSR count). The molecule has 0 heterocycles. The lowest BCUT2D eigenvalue weighted by molar-refractivity contribution is 0.487. The number of benzene rings is 1. The van der Waals surface area contributed by atoms with E-state index in [0.29, 0.717) is 11.6 Å². The van der Waals surface area contributed by atoms with E-state index >= 15 is 0 Å². The van der Waals surface area contributed by atoms with Gasteiger partial charge in [0.25, 0.3) is 0 Å². The van der Waals surface area contributed by atoms with Crippen molar-refractivity contribution < 1.29 is 4.39 Å². The number of hydrogen-bond donors (Lipinski definition) is 1. The standard InChI is InChI=1S/C14H21ClFN3/c1-14(2,9-18-13(17-3)19(4)5)11-7-6-10(16)8-12(11)15/h6-8H,9H2,1-5H3,(H,17,18). The molecule has 1 N–H and O–H groups in total. The normalized spacial score (nSPS) is 12.5. The summed E-state index contributed by atoms with van der Waals surface area (Å²) < 4.78 is 13.1. The first-order chi connectivity index (χ1) is 8.77. The van der Waals surface area contributed by atoms with Crippen LogP contribution in [0.4, 0.5) is 4.39 Å². The highest BCUT2D eigenvalue weighted by molar-refractivity contribution is 6.31. The molecule has 0 aliphatic heterocycles. The minimum absolute atomic E-state index is 0.225. The Labute approximate surface area is 119 Å². The van der Waals surface area contributed by atoms with Gasteiger partial charge in [0.15, 0.2) is 5.96 Å². The van der Waals surface area contributed by atoms with Crippen LogP contribution < -0.4 is 5.32 Å². The van der Waals surface area contributed by atoms with E-state index < -0.39 is 0 Å². The molecule has 0 radical (unpaired) electrons. The van der Waals surface area contributed by atoms with Crippen LogP contribution in [0.1, 0.15) is 19.4 Å². The molecule has 0 aliphatic rings. The second kappa shape index (κ2) is 6.24. The van der Waals surface area contributed by atoms with E-state index in [1.165, 1.54) is 12.1 Å². The molecule has 0 spiro atoms. The van der Waals surface area contributed by atoms with Crippen molar-refractivity contribution in [3.05, 3.63) is 34.6 Å². The topological polar surface area (TPSA) is 27.6 Å². The average Bonchev–Trinajstić information content (AvgIpc) is 2.28. The van der Waals surface area contributed by atoms with Gasteiger partial charge in [-0.2, -0.15) is 0 Å². The molecule has 0 atom stereocenters. The van der Waals surface area contributed by atoms with Crippen molar-refractivity contribution in [1.82, 2.24) is 10.2 Å². The van der Waals surface area contributed by atoms with Crippen LogP contribution in [-0.4, -0.2) is 38.5 Å². The quantitative estimate of drug-likeness (QED) is 0.683. The number of hydrogen-bond acceptors (Lipinski definition) is 1. The van der Waals surface area contributed by atoms with Gasteiger partial charge in [0.05, 0.1) is 0 Å². The lowest BCUT2D eigenvalue weighted by Crippen LogP contribution is -2.42. The van der Waals surface area contributed by atoms with E-state index in [0.717, 1.165) is 11.5 Å². The Kier molecular flexibility index (Phi) is 5.18. The summed E-state index contributed by atoms with van der Waals surface area (Å²) in [5.74, 6) is 0.480. The monoisotopic (exact) mass is 285 g/mol. The number of nitrogens with zero attached hydrogens (tertiary/aromatic N) is 2. The van der Waals surface area contributed by atoms with Crippen LogP contribution in [0.2, 0.25) is 5.02 Å². The second-order valence-electron chi connectivity index (χ2n) is 5.30. The van der Waals surface area contributed by atoms with Crippen molar-refractivity contribution in [2.75, 3.05) is 27.7 Å². The van der Waals surface area contributed by atoms with Gasteiger partial charge < -0.3 is 10.2 Å². The Morgan fingerprint density at radius 1 is 1.42 bits per heavy atom. The predicted molar refractivity (Wildman–Crippen MR) is 79.5 cm³/mol. The fraction of sp³-hybridized carbons (Fsp3) is 0.500. The summed E-state index contributed by atoms with van der Waals surface area (Å²) in [6, 6.07) is 4.51. The predicted octanol–water partition coefficient (Wildman–Crippen LogP) is 2.89. The fourth-order valence-electron chi connectivity index (χ4n) is 1.87. The summed E-state index contributed by atoms with van der Waals surface area (Å²) in [6.45, 7) is 4.77. The van der Waals surface area contributed by atoms with E-state index in [1.54, 1.807) is 13.1 Å². The summed E-state index contributed by atoms with van der Waals surface area (Å²) in [4.78, 5) is 6.06. The molecule has 5 heteroatoms. The van der Waals surface area contributed by atoms with E-state index in [9.17, 15) is 4.39 Å². The van der Waals surface area contributed by atoms with Crippen molar-refractivity contribution in [3.63, 3.8) is 0 Å². The van der Waals surface area contributed by atoms with Gasteiger partial charge in [-0.3, -0.25) is 4.99 Å². The highest BCUT2D eigenvalue weighted by Crippen LogP contribution is 2.29. The zero-order valence-corrected chi connectivity index (χ0v) is 12.8. The first-order valence-electron chi connectivity index (χ1n) is 6.11. The second-order valence-corrected chi connectivity index (χ2v) is 5.71. The number of nitrogens with one attached hydrogen (secondary N) is 1. The van der Waals surface area contributed by atoms with Crippen molar-refractivity contribution in [3.8, 4) is 0 Å². The molecular weight excluding hydrogens is 265 g/mol. The van der Waals surface area contributed by atoms with Gasteiger partial charge in [-0.15, -0.1) is 0 Å². The smallest absolute Gasteiger partial charge is 0.193 e. The van der Waals surface area contributed by atoms with E-state index in [-0.39, 0.29) is 11.2 Å². The molecule has 0 saturated carbocycles. The average molecular weight is 286 g/mol. The van der Waals surface area contributed by atoms with E-state index in [1.807, 2.05) is 19.0 Å². The Morgan fingerprint density at radius 2 is 2.05 bits per heavy atom. The van der Waals surface area contributed by atoms with Gasteiger partial charge in [0.1, 0.15) is 5.82 Å². The molecule has 19 heavy (non-hydrogen) atoms. The summed E-state index contributed by atoms with van der Waals surface area (Å²) in [5, 5.41) is 3.72. The van der Waals surface area contributed by atoms with Crippen LogP contribution in [0.3, 0.4) is 0 Å². The molecule has 106 valence electrons. The summed E-state index contributed by atoms with van der Waals surface area (Å²) in [6.07, 6.45) is 0. The maximum Gasteiger partial charge on any atom is 0.193 e. The van der Waals surface area contributed by atoms with Crippen molar-refractivity contribution in [2.45, 2.75) is 19.3 Å². The van der Waals surface area contributed by atoms with Crippen molar-refractivity contribution in [2.24, 2.45) is 4.99 Å². The molecule has 0 aromatic heterocycles. The lowest BCUT2D eigenvalue weighted by atomic mass is 9.84. The minimum atomic E-state index is -0.318. The zero-order valence-electron chi connectivity index (χ0n) is 12.1. The summed E-state index contributed by atoms with van der Waals surface area (Å²) in [7, 11) is 5.58. The molecule has 0 amide bonds. The van der Waals surface area contributed by atoms with Gasteiger partial charge >= 0.3 is 0 Å². The van der Waals surface area contributed by atoms with Crippen LogP contribution >= 0.6 is 11.6 Å². The first kappa shape index (κ1) is 15.8. The molecule has 1 aromatic rings. The Morgan fingerprint density at radius 3 is 2.53 bits per heavy atom. The molecular formula is C14H21ClFN3. The first-order valence-corrected chi connectivity index (χ1v) is 6.49. The number of rotatable bonds is 3. The maximum absolute atomic E-state index is 13.1. The zero-order chi connectivity index (χ0) is 14.6. The molecule has 0 unspecified atom stereocenters. The Balaban J connectivity index is 2.86. The van der Waals surface area contributed by atoms with Crippen LogP contribution in [0.25, 0.3) is 0 Å². The molecule has 1 aromatic carbocycles. The van der Waals surface area contributed by atoms with Gasteiger partial charge in [-0.1, -0.05) is 31.5 Å². The van der Waals surface area contributed by atoms with Crippen LogP contribution in [0.5, 0.6) is 0 Å². The third kappa shape index (κ3) is 4.10. The van der Waals surface area contributed by atoms with Crippen LogP contribution in [-0.2, 0) is 5.41 Å². The highest BCUT2D eigenvalue weighted by atomic mass is 35.5. The van der Waals surface area contributed by atoms with Gasteiger partial charge in [-0.25, -0.2) is 4.39 Å². The largest absolute Gasteiger partial charge is 0.355 e. The van der Waals surface area contributed by atoms with Gasteiger partial charge in [0.2, 0.25) is 0 Å². The molecule has 0 aliphatic carbocycles. The number of halogens is 2. The number of aliphatic imine (C=N–C) groups is 1. The van der Waals surface area contributed by atoms with Crippen LogP contribution in [0.15, 0.2) is 23.2 Å². The summed E-state index contributed by atoms with van der Waals surface area (Å²) in [5.41, 5.74) is 0.689. The van der Waals surface area contributed by atoms with Crippen LogP contribution in [0, 0.1) is 5.82 Å². The Hall–Kier alpha value is -1.29. The third-order valence-corrected chi connectivity index (χ3v) is 3.30. The molecule has 3 nitrogen and oxygen atoms in total. The number of guanidine groups is 1. The summed E-state index contributed by atoms with van der Waals surface area (Å²) >= 11 is 6.12. The maximum atomic E-state index is 13.1. The van der Waals surface area contributed by atoms with E-state index in [4.69, 9.17) is 11.6 Å². The Bertz CT molecular complexity index is 470. The molecule has 0 saturated heterocycles. The van der Waals surface area contributed by atoms with Gasteiger partial charge in [-0.05, 0) is 17.7 Å². The third-order valence-electron chi connectivity index (χ3n) is 2.98. The molecule has 0 bridgehead atoms. The van der Waals surface area contributed by atoms with E-state index in [2.05, 4.69) is 24.2 Å². The van der Waals surface area contributed by atoms with Crippen molar-refractivity contribution in [1.29, 1.82) is 0 Å². The highest BCUT2D eigenvalue weighted by Gasteiger charge is 2.24. The van der Waals surface area contributed by atoms with Gasteiger partial charge in [0, 0.05) is 38.1 Å². The minimum Gasteiger partial charge on any atom is -0.355 e. The SMILES string of the molecule is CN=C(NCC(C)(C)c1ccc(F)cc1Cl)N(C)C. The van der Waals surface area contributed by atoms with Crippen molar-refractivity contribution >= 4 is 17.6 Å². The fourth-order valence-corrected chi connectivity index (χ4v) is 2.29.